The molecule has 0 bridgehead atoms. The normalized spacial score (nSPS) is 22.7. The molecular formula is C13H19N3OS2. The van der Waals surface area contributed by atoms with Crippen molar-refractivity contribution in [1.82, 2.24) is 4.98 Å². The van der Waals surface area contributed by atoms with Gasteiger partial charge in [0.25, 0.3) is 0 Å². The quantitative estimate of drug-likeness (QED) is 0.683. The second-order valence-corrected chi connectivity index (χ2v) is 6.82. The lowest BCUT2D eigenvalue weighted by Crippen LogP contribution is -2.19. The molecule has 6 heteroatoms. The second-order valence-electron chi connectivity index (χ2n) is 4.97. The molecule has 19 heavy (non-hydrogen) atoms. The van der Waals surface area contributed by atoms with E-state index in [1.54, 1.807) is 11.3 Å². The van der Waals surface area contributed by atoms with Crippen molar-refractivity contribution in [2.24, 2.45) is 10.9 Å². The zero-order chi connectivity index (χ0) is 14.0. The van der Waals surface area contributed by atoms with Gasteiger partial charge >= 0.3 is 0 Å². The number of thioether (sulfide) groups is 1. The largest absolute Gasteiger partial charge is 0.477 e. The van der Waals surface area contributed by atoms with Gasteiger partial charge in [-0.1, -0.05) is 13.8 Å². The molecule has 1 aromatic heterocycles. The molecule has 4 nitrogen and oxygen atoms in total. The average molecular weight is 297 g/mol. The van der Waals surface area contributed by atoms with Crippen LogP contribution in [0.4, 0.5) is 0 Å². The van der Waals surface area contributed by atoms with Gasteiger partial charge in [-0.25, -0.2) is 4.98 Å². The summed E-state index contributed by atoms with van der Waals surface area (Å²) < 4.78 is 5.18. The van der Waals surface area contributed by atoms with Gasteiger partial charge in [0.15, 0.2) is 0 Å². The predicted octanol–water partition coefficient (Wildman–Crippen LogP) is 3.52. The minimum absolute atomic E-state index is 0.146. The van der Waals surface area contributed by atoms with Crippen LogP contribution in [0.5, 0.6) is 0 Å². The molecule has 0 unspecified atom stereocenters. The Kier molecular flexibility index (Phi) is 4.30. The van der Waals surface area contributed by atoms with Crippen LogP contribution in [-0.2, 0) is 10.3 Å². The molecule has 1 N–H and O–H groups in total. The maximum absolute atomic E-state index is 7.77. The minimum Gasteiger partial charge on any atom is -0.477 e. The number of hydrogen-bond donors (Lipinski definition) is 1. The van der Waals surface area contributed by atoms with Crippen LogP contribution < -0.4 is 0 Å². The van der Waals surface area contributed by atoms with Crippen molar-refractivity contribution in [2.75, 3.05) is 12.4 Å². The second kappa shape index (κ2) is 5.63. The van der Waals surface area contributed by atoms with Crippen LogP contribution in [0.3, 0.4) is 0 Å². The van der Waals surface area contributed by atoms with Crippen LogP contribution in [0.25, 0.3) is 0 Å². The lowest BCUT2D eigenvalue weighted by Gasteiger charge is -2.15. The zero-order valence-electron chi connectivity index (χ0n) is 11.7. The van der Waals surface area contributed by atoms with E-state index in [1.165, 1.54) is 5.04 Å². The number of nitrogens with zero attached hydrogens (tertiary/aromatic N) is 2. The van der Waals surface area contributed by atoms with Crippen molar-refractivity contribution in [1.29, 1.82) is 5.41 Å². The van der Waals surface area contributed by atoms with Gasteiger partial charge in [0.2, 0.25) is 5.90 Å². The van der Waals surface area contributed by atoms with Gasteiger partial charge in [-0.3, -0.25) is 10.4 Å². The summed E-state index contributed by atoms with van der Waals surface area (Å²) in [6.07, 6.45) is 0. The van der Waals surface area contributed by atoms with E-state index in [0.29, 0.717) is 18.2 Å². The highest BCUT2D eigenvalue weighted by Gasteiger charge is 2.36. The summed E-state index contributed by atoms with van der Waals surface area (Å²) in [5.74, 6) is 1.54. The Bertz CT molecular complexity index is 510. The molecule has 2 heterocycles. The van der Waals surface area contributed by atoms with Gasteiger partial charge in [0.05, 0.1) is 11.7 Å². The number of hydrogen-bond acceptors (Lipinski definition) is 6. The first-order valence-corrected chi connectivity index (χ1v) is 8.23. The van der Waals surface area contributed by atoms with E-state index in [2.05, 4.69) is 25.8 Å². The lowest BCUT2D eigenvalue weighted by atomic mass is 10.1. The summed E-state index contributed by atoms with van der Waals surface area (Å²) in [5, 5.41) is 11.8. The first-order valence-electron chi connectivity index (χ1n) is 6.36. The molecule has 0 radical (unpaired) electrons. The van der Waals surface area contributed by atoms with Crippen LogP contribution in [0.15, 0.2) is 10.4 Å². The topological polar surface area (TPSA) is 58.3 Å². The maximum atomic E-state index is 7.77. The van der Waals surface area contributed by atoms with Gasteiger partial charge in [0, 0.05) is 17.1 Å². The predicted molar refractivity (Wildman–Crippen MR) is 82.7 cm³/mol. The van der Waals surface area contributed by atoms with E-state index in [9.17, 15) is 0 Å². The summed E-state index contributed by atoms with van der Waals surface area (Å²) in [5.41, 5.74) is 0.362. The number of thiazole rings is 1. The number of rotatable bonds is 4. The van der Waals surface area contributed by atoms with E-state index in [0.717, 1.165) is 10.8 Å². The van der Waals surface area contributed by atoms with Crippen molar-refractivity contribution < 1.29 is 4.74 Å². The number of nitrogens with one attached hydrogen (secondary N) is 1. The first kappa shape index (κ1) is 14.5. The fourth-order valence-electron chi connectivity index (χ4n) is 1.77. The lowest BCUT2D eigenvalue weighted by molar-refractivity contribution is 0.324. The van der Waals surface area contributed by atoms with Gasteiger partial charge in [-0.2, -0.15) is 0 Å². The molecule has 0 saturated carbocycles. The summed E-state index contributed by atoms with van der Waals surface area (Å²) in [6.45, 7) is 8.80. The van der Waals surface area contributed by atoms with Crippen LogP contribution in [0.2, 0.25) is 0 Å². The van der Waals surface area contributed by atoms with Crippen LogP contribution in [0, 0.1) is 11.3 Å². The number of ether oxygens (including phenoxy) is 1. The molecule has 0 saturated heterocycles. The number of aromatic nitrogens is 1. The van der Waals surface area contributed by atoms with Crippen LogP contribution in [0.1, 0.15) is 38.4 Å². The molecule has 1 aliphatic rings. The first-order chi connectivity index (χ1) is 8.96. The van der Waals surface area contributed by atoms with Crippen LogP contribution in [-0.4, -0.2) is 28.3 Å². The third kappa shape index (κ3) is 3.00. The van der Waals surface area contributed by atoms with Crippen molar-refractivity contribution >= 4 is 34.0 Å². The minimum atomic E-state index is -0.250. The molecule has 104 valence electrons. The van der Waals surface area contributed by atoms with E-state index in [4.69, 9.17) is 15.1 Å². The highest BCUT2D eigenvalue weighted by molar-refractivity contribution is 8.14. The fourth-order valence-corrected chi connectivity index (χ4v) is 4.00. The zero-order valence-corrected chi connectivity index (χ0v) is 13.3. The third-order valence-corrected chi connectivity index (χ3v) is 5.50. The number of aliphatic imine (C=N–C) groups is 1. The molecule has 1 atom stereocenters. The monoisotopic (exact) mass is 297 g/mol. The molecule has 1 aliphatic heterocycles. The Balaban J connectivity index is 2.21. The van der Waals surface area contributed by atoms with Gasteiger partial charge in [-0.05, 0) is 13.8 Å². The smallest absolute Gasteiger partial charge is 0.233 e. The molecule has 1 aromatic rings. The Labute approximate surface area is 122 Å². The highest BCUT2D eigenvalue weighted by Crippen LogP contribution is 2.39. The summed E-state index contributed by atoms with van der Waals surface area (Å²) in [6, 6.07) is 0. The van der Waals surface area contributed by atoms with Crippen LogP contribution >= 0.6 is 23.1 Å². The van der Waals surface area contributed by atoms with Gasteiger partial charge in [0.1, 0.15) is 16.2 Å². The summed E-state index contributed by atoms with van der Waals surface area (Å²) >= 11 is 3.37. The third-order valence-electron chi connectivity index (χ3n) is 2.84. The Morgan fingerprint density at radius 3 is 2.89 bits per heavy atom. The SMILES string of the molecule is CCOC(=N)c1csc([C@]2(C)CSC(C(C)C)=N2)n1. The molecule has 0 spiro atoms. The molecule has 2 rings (SSSR count). The Morgan fingerprint density at radius 1 is 1.58 bits per heavy atom. The summed E-state index contributed by atoms with van der Waals surface area (Å²) in [7, 11) is 0. The molecule has 0 fully saturated rings. The van der Waals surface area contributed by atoms with Crippen molar-refractivity contribution in [3.05, 3.63) is 16.1 Å². The average Bonchev–Trinajstić information content (AvgIpc) is 2.96. The van der Waals surface area contributed by atoms with Gasteiger partial charge in [-0.15, -0.1) is 23.1 Å². The van der Waals surface area contributed by atoms with E-state index in [1.807, 2.05) is 24.1 Å². The molecule has 0 aliphatic carbocycles. The van der Waals surface area contributed by atoms with Crippen molar-refractivity contribution in [2.45, 2.75) is 33.2 Å². The standard InChI is InChI=1S/C13H19N3OS2/c1-5-17-10(14)9-6-18-12(15-9)13(4)7-19-11(16-13)8(2)3/h6,8,14H,5,7H2,1-4H3/t13-/m0/s1. The van der Waals surface area contributed by atoms with Crippen molar-refractivity contribution in [3.8, 4) is 0 Å². The molecule has 0 amide bonds. The van der Waals surface area contributed by atoms with Crippen molar-refractivity contribution in [3.63, 3.8) is 0 Å². The van der Waals surface area contributed by atoms with E-state index < -0.39 is 0 Å². The Hall–Kier alpha value is -0.880. The maximum Gasteiger partial charge on any atom is 0.233 e. The highest BCUT2D eigenvalue weighted by atomic mass is 32.2. The Morgan fingerprint density at radius 2 is 2.32 bits per heavy atom. The molecule has 0 aromatic carbocycles. The van der Waals surface area contributed by atoms with Gasteiger partial charge < -0.3 is 4.74 Å². The fraction of sp³-hybridized carbons (Fsp3) is 0.615. The summed E-state index contributed by atoms with van der Waals surface area (Å²) in [4.78, 5) is 9.35. The van der Waals surface area contributed by atoms with E-state index >= 15 is 0 Å². The molecular weight excluding hydrogens is 278 g/mol. The van der Waals surface area contributed by atoms with E-state index in [-0.39, 0.29) is 11.4 Å².